The second kappa shape index (κ2) is 53.5. The summed E-state index contributed by atoms with van der Waals surface area (Å²) in [5, 5.41) is 0. The highest BCUT2D eigenvalue weighted by molar-refractivity contribution is 7.47. The minimum atomic E-state index is -4.39. The summed E-state index contributed by atoms with van der Waals surface area (Å²) in [5.74, 6) is -0.798. The number of unbranched alkanes of at least 4 members (excludes halogenated alkanes) is 31. The fourth-order valence-electron chi connectivity index (χ4n) is 8.35. The van der Waals surface area contributed by atoms with Crippen molar-refractivity contribution < 1.29 is 42.1 Å². The van der Waals surface area contributed by atoms with Crippen LogP contribution in [0, 0.1) is 0 Å². The molecule has 9 nitrogen and oxygen atoms in total. The van der Waals surface area contributed by atoms with Crippen molar-refractivity contribution >= 4 is 19.8 Å². The minimum absolute atomic E-state index is 0.0293. The molecule has 0 saturated carbocycles. The number of likely N-dealkylation sites (N-methyl/N-ethyl adjacent to an activating group) is 1. The number of hydrogen-bond acceptors (Lipinski definition) is 7. The van der Waals surface area contributed by atoms with E-state index in [9.17, 15) is 19.0 Å². The van der Waals surface area contributed by atoms with Gasteiger partial charge in [-0.25, -0.2) is 4.57 Å². The first-order chi connectivity index (χ1) is 35.0. The molecule has 0 aromatic heterocycles. The third kappa shape index (κ3) is 57.0. The van der Waals surface area contributed by atoms with E-state index < -0.39 is 26.5 Å². The zero-order valence-electron chi connectivity index (χ0n) is 47.7. The van der Waals surface area contributed by atoms with Crippen LogP contribution in [0.1, 0.15) is 271 Å². The second-order valence-corrected chi connectivity index (χ2v) is 22.8. The zero-order valence-corrected chi connectivity index (χ0v) is 48.6. The average Bonchev–Trinajstić information content (AvgIpc) is 3.34. The predicted molar refractivity (Wildman–Crippen MR) is 307 cm³/mol. The molecule has 0 aliphatic rings. The van der Waals surface area contributed by atoms with E-state index in [-0.39, 0.29) is 32.0 Å². The maximum atomic E-state index is 12.8. The SMILES string of the molecule is CCCCCCC/C=C\C/C=C\C/C=C\CCCCCCCCCCCCCCC(=O)OC(COC(=O)CCCCCCCCCCC/C=C\C/C=C\CCCCCCC)COP(=O)(O)OCC[N+](C)(C)C. The molecule has 0 rings (SSSR count). The molecule has 0 aromatic carbocycles. The van der Waals surface area contributed by atoms with Gasteiger partial charge < -0.3 is 18.9 Å². The number of phosphoric acid groups is 1. The molecule has 0 aliphatic carbocycles. The molecule has 72 heavy (non-hydrogen) atoms. The average molecular weight is 1030 g/mol. The van der Waals surface area contributed by atoms with E-state index in [1.165, 1.54) is 180 Å². The number of carbonyl (C=O) groups is 2. The molecule has 2 unspecified atom stereocenters. The Morgan fingerprint density at radius 2 is 0.750 bits per heavy atom. The fourth-order valence-corrected chi connectivity index (χ4v) is 9.09. The quantitative estimate of drug-likeness (QED) is 0.0211. The Bertz CT molecular complexity index is 1400. The minimum Gasteiger partial charge on any atom is -0.462 e. The molecule has 0 bridgehead atoms. The molecule has 0 heterocycles. The van der Waals surface area contributed by atoms with E-state index in [0.29, 0.717) is 17.4 Å². The number of quaternary nitrogens is 1. The van der Waals surface area contributed by atoms with E-state index in [1.807, 2.05) is 21.1 Å². The van der Waals surface area contributed by atoms with Crippen LogP contribution in [0.5, 0.6) is 0 Å². The van der Waals surface area contributed by atoms with Crippen molar-refractivity contribution in [1.82, 2.24) is 0 Å². The van der Waals surface area contributed by atoms with E-state index in [4.69, 9.17) is 18.5 Å². The van der Waals surface area contributed by atoms with Crippen LogP contribution >= 0.6 is 7.82 Å². The number of nitrogens with zero attached hydrogens (tertiary/aromatic N) is 1. The molecule has 0 fully saturated rings. The molecular formula is C62H115NO8P+. The maximum absolute atomic E-state index is 12.8. The molecule has 0 aromatic rings. The molecule has 0 radical (unpaired) electrons. The van der Waals surface area contributed by atoms with E-state index in [0.717, 1.165) is 57.8 Å². The highest BCUT2D eigenvalue weighted by Crippen LogP contribution is 2.43. The van der Waals surface area contributed by atoms with E-state index in [2.05, 4.69) is 74.6 Å². The Morgan fingerprint density at radius 3 is 1.11 bits per heavy atom. The summed E-state index contributed by atoms with van der Waals surface area (Å²) in [4.78, 5) is 35.7. The van der Waals surface area contributed by atoms with Gasteiger partial charge in [-0.2, -0.15) is 0 Å². The van der Waals surface area contributed by atoms with Crippen LogP contribution in [0.3, 0.4) is 0 Å². The lowest BCUT2D eigenvalue weighted by Crippen LogP contribution is -2.37. The zero-order chi connectivity index (χ0) is 52.7. The number of rotatable bonds is 55. The van der Waals surface area contributed by atoms with Crippen LogP contribution in [0.25, 0.3) is 0 Å². The van der Waals surface area contributed by atoms with Crippen molar-refractivity contribution in [3.05, 3.63) is 60.8 Å². The standard InChI is InChI=1S/C62H114NO8P/c1-6-8-10-12-14-16-18-20-22-24-26-28-29-30-31-32-33-35-37-39-41-43-45-47-49-51-53-55-62(65)71-60(59-70-72(66,67)69-57-56-63(3,4)5)58-68-61(64)54-52-50-48-46-44-42-40-38-36-34-27-25-23-21-19-17-15-13-11-9-7-2/h18-21,24-27,29-30,60H,6-17,22-23,28,31-59H2,1-5H3/p+1/b20-18-,21-19-,26-24-,27-25-,30-29-. The molecule has 0 amide bonds. The van der Waals surface area contributed by atoms with Gasteiger partial charge in [0.05, 0.1) is 27.7 Å². The smallest absolute Gasteiger partial charge is 0.462 e. The molecular weight excluding hydrogens is 918 g/mol. The highest BCUT2D eigenvalue weighted by Gasteiger charge is 2.27. The van der Waals surface area contributed by atoms with Gasteiger partial charge in [0.2, 0.25) is 0 Å². The summed E-state index contributed by atoms with van der Waals surface area (Å²) in [6, 6.07) is 0. The van der Waals surface area contributed by atoms with Gasteiger partial charge in [-0.3, -0.25) is 18.6 Å². The van der Waals surface area contributed by atoms with Crippen LogP contribution in [0.4, 0.5) is 0 Å². The molecule has 420 valence electrons. The van der Waals surface area contributed by atoms with Crippen molar-refractivity contribution in [1.29, 1.82) is 0 Å². The summed E-state index contributed by atoms with van der Waals surface area (Å²) in [7, 11) is 1.48. The van der Waals surface area contributed by atoms with Crippen molar-refractivity contribution in [3.8, 4) is 0 Å². The largest absolute Gasteiger partial charge is 0.472 e. The van der Waals surface area contributed by atoms with Crippen LogP contribution in [0.2, 0.25) is 0 Å². The number of phosphoric ester groups is 1. The third-order valence-electron chi connectivity index (χ3n) is 13.0. The van der Waals surface area contributed by atoms with Crippen LogP contribution in [-0.4, -0.2) is 74.9 Å². The summed E-state index contributed by atoms with van der Waals surface area (Å²) in [6.45, 7) is 4.43. The van der Waals surface area contributed by atoms with Gasteiger partial charge in [0, 0.05) is 12.8 Å². The molecule has 2 atom stereocenters. The van der Waals surface area contributed by atoms with Crippen LogP contribution in [0.15, 0.2) is 60.8 Å². The van der Waals surface area contributed by atoms with Crippen molar-refractivity contribution in [2.24, 2.45) is 0 Å². The first kappa shape index (κ1) is 69.7. The van der Waals surface area contributed by atoms with Gasteiger partial charge in [-0.1, -0.05) is 235 Å². The van der Waals surface area contributed by atoms with Gasteiger partial charge in [-0.05, 0) is 83.5 Å². The Morgan fingerprint density at radius 1 is 0.431 bits per heavy atom. The van der Waals surface area contributed by atoms with Crippen LogP contribution < -0.4 is 0 Å². The number of esters is 2. The van der Waals surface area contributed by atoms with Crippen molar-refractivity contribution in [3.63, 3.8) is 0 Å². The van der Waals surface area contributed by atoms with Gasteiger partial charge >= 0.3 is 19.8 Å². The lowest BCUT2D eigenvalue weighted by molar-refractivity contribution is -0.870. The topological polar surface area (TPSA) is 108 Å². The van der Waals surface area contributed by atoms with E-state index in [1.54, 1.807) is 0 Å². The van der Waals surface area contributed by atoms with Gasteiger partial charge in [0.1, 0.15) is 19.8 Å². The maximum Gasteiger partial charge on any atom is 0.472 e. The lowest BCUT2D eigenvalue weighted by Gasteiger charge is -2.24. The molecule has 1 N–H and O–H groups in total. The summed E-state index contributed by atoms with van der Waals surface area (Å²) in [6.07, 6.45) is 68.5. The summed E-state index contributed by atoms with van der Waals surface area (Å²) in [5.41, 5.74) is 0. The fraction of sp³-hybridized carbons (Fsp3) is 0.806. The van der Waals surface area contributed by atoms with Crippen molar-refractivity contribution in [2.75, 3.05) is 47.5 Å². The molecule has 0 spiro atoms. The summed E-state index contributed by atoms with van der Waals surface area (Å²) < 4.78 is 34.6. The number of carbonyl (C=O) groups excluding carboxylic acids is 2. The molecule has 0 saturated heterocycles. The van der Waals surface area contributed by atoms with Crippen molar-refractivity contribution in [2.45, 2.75) is 277 Å². The summed E-state index contributed by atoms with van der Waals surface area (Å²) >= 11 is 0. The molecule has 0 aliphatic heterocycles. The first-order valence-electron chi connectivity index (χ1n) is 30.0. The van der Waals surface area contributed by atoms with Gasteiger partial charge in [0.25, 0.3) is 0 Å². The Labute approximate surface area is 445 Å². The number of allylic oxidation sites excluding steroid dienone is 10. The molecule has 10 heteroatoms. The normalized spacial score (nSPS) is 13.7. The Kier molecular flexibility index (Phi) is 51.8. The monoisotopic (exact) mass is 1030 g/mol. The predicted octanol–water partition coefficient (Wildman–Crippen LogP) is 18.7. The third-order valence-corrected chi connectivity index (χ3v) is 14.0. The Balaban J connectivity index is 4.16. The van der Waals surface area contributed by atoms with Gasteiger partial charge in [-0.15, -0.1) is 0 Å². The second-order valence-electron chi connectivity index (χ2n) is 21.4. The lowest BCUT2D eigenvalue weighted by atomic mass is 10.0. The van der Waals surface area contributed by atoms with E-state index >= 15 is 0 Å². The highest BCUT2D eigenvalue weighted by atomic mass is 31.2. The number of hydrogen-bond donors (Lipinski definition) is 1. The van der Waals surface area contributed by atoms with Gasteiger partial charge in [0.15, 0.2) is 6.10 Å². The van der Waals surface area contributed by atoms with Crippen LogP contribution in [-0.2, 0) is 32.7 Å². The number of ether oxygens (including phenoxy) is 2. The Hall–Kier alpha value is -2.29. The first-order valence-corrected chi connectivity index (χ1v) is 31.5.